The molecule has 0 amide bonds. The van der Waals surface area contributed by atoms with Gasteiger partial charge in [0.2, 0.25) is 5.88 Å². The minimum atomic E-state index is -0.919. The summed E-state index contributed by atoms with van der Waals surface area (Å²) < 4.78 is 17.4. The average Bonchev–Trinajstić information content (AvgIpc) is 3.16. The molecule has 4 aromatic rings. The summed E-state index contributed by atoms with van der Waals surface area (Å²) in [5.74, 6) is 0.319. The fourth-order valence-electron chi connectivity index (χ4n) is 4.18. The van der Waals surface area contributed by atoms with Gasteiger partial charge in [0.1, 0.15) is 12.4 Å². The topological polar surface area (TPSA) is 118 Å². The third-order valence-electron chi connectivity index (χ3n) is 6.11. The van der Waals surface area contributed by atoms with E-state index >= 15 is 0 Å². The summed E-state index contributed by atoms with van der Waals surface area (Å²) in [6.07, 6.45) is 1.76. The van der Waals surface area contributed by atoms with Gasteiger partial charge < -0.3 is 24.1 Å². The van der Waals surface area contributed by atoms with Crippen LogP contribution in [0.2, 0.25) is 0 Å². The molecule has 0 aliphatic heterocycles. The quantitative estimate of drug-likeness (QED) is 0.297. The van der Waals surface area contributed by atoms with E-state index in [-0.39, 0.29) is 42.2 Å². The molecule has 194 valence electrons. The van der Waals surface area contributed by atoms with Gasteiger partial charge in [-0.1, -0.05) is 24.3 Å². The van der Waals surface area contributed by atoms with Gasteiger partial charge >= 0.3 is 35.3 Å². The number of aryl methyl sites for hydroxylation is 2. The van der Waals surface area contributed by atoms with Crippen LogP contribution in [0.25, 0.3) is 11.1 Å². The molecule has 9 nitrogen and oxygen atoms in total. The van der Waals surface area contributed by atoms with Crippen molar-refractivity contribution in [2.45, 2.75) is 53.4 Å². The maximum atomic E-state index is 11.6. The van der Waals surface area contributed by atoms with Crippen LogP contribution in [0.1, 0.15) is 41.2 Å². The minimum Gasteiger partial charge on any atom is -0.493 e. The van der Waals surface area contributed by atoms with Gasteiger partial charge in [0, 0.05) is 25.2 Å². The van der Waals surface area contributed by atoms with E-state index in [9.17, 15) is 14.7 Å². The molecule has 0 fully saturated rings. The summed E-state index contributed by atoms with van der Waals surface area (Å²) in [5.41, 5.74) is 6.61. The van der Waals surface area contributed by atoms with Gasteiger partial charge in [0.15, 0.2) is 5.69 Å². The van der Waals surface area contributed by atoms with E-state index in [1.165, 1.54) is 0 Å². The molecule has 4 rings (SSSR count). The molecule has 0 spiro atoms. The van der Waals surface area contributed by atoms with Crippen molar-refractivity contribution >= 4 is 0 Å². The molecule has 0 aliphatic rings. The Kier molecular flexibility index (Phi) is 10.2. The Morgan fingerprint density at radius 3 is 2.42 bits per heavy atom. The first kappa shape index (κ1) is 29.4. The zero-order valence-corrected chi connectivity index (χ0v) is 24.4. The third-order valence-corrected chi connectivity index (χ3v) is 6.11. The molecule has 2 aromatic carbocycles. The van der Waals surface area contributed by atoms with E-state index < -0.39 is 11.4 Å². The van der Waals surface area contributed by atoms with Crippen molar-refractivity contribution in [1.82, 2.24) is 14.7 Å². The molecule has 38 heavy (non-hydrogen) atoms. The molecule has 0 unspecified atom stereocenters. The predicted octanol–water partition coefficient (Wildman–Crippen LogP) is 0.527. The maximum absolute atomic E-state index is 11.6. The van der Waals surface area contributed by atoms with E-state index in [1.807, 2.05) is 24.3 Å². The number of benzene rings is 2. The van der Waals surface area contributed by atoms with Crippen LogP contribution >= 0.6 is 0 Å². The average molecular weight is 528 g/mol. The SMILES string of the molecule is Cc1cc(OCC[C@@H](C)O)cc(C)c1-c1cccc(COc2ccc(Cn3oc(=O)[n-]c3=O)cn2)c1C.[Na+]. The van der Waals surface area contributed by atoms with Crippen molar-refractivity contribution in [1.29, 1.82) is 0 Å². The van der Waals surface area contributed by atoms with Crippen LogP contribution in [-0.4, -0.2) is 27.5 Å². The first-order valence-electron chi connectivity index (χ1n) is 12.0. The maximum Gasteiger partial charge on any atom is 1.00 e. The number of aromatic nitrogens is 3. The zero-order valence-electron chi connectivity index (χ0n) is 22.4. The number of pyridine rings is 1. The Bertz CT molecular complexity index is 1460. The van der Waals surface area contributed by atoms with Crippen molar-refractivity contribution < 1.29 is 48.7 Å². The van der Waals surface area contributed by atoms with Gasteiger partial charge in [-0.3, -0.25) is 9.53 Å². The fraction of sp³-hybridized carbons (Fsp3) is 0.321. The molecule has 0 aliphatic carbocycles. The van der Waals surface area contributed by atoms with Gasteiger partial charge in [-0.15, -0.1) is 0 Å². The summed E-state index contributed by atoms with van der Waals surface area (Å²) >= 11 is 0. The second-order valence-electron chi connectivity index (χ2n) is 9.09. The standard InChI is InChI=1S/C28H31N3O6.Na/c1-17-12-23(35-11-10-19(3)32)13-18(2)26(17)24-7-5-6-22(20(24)4)16-36-25-9-8-21(14-29-25)15-31-27(33)30-28(34)37-31;/h5-9,12-14,19,32H,10-11,15-16H2,1-4H3,(H,30,33,34);/q;+1/p-1/t19-;/m1./s1. The van der Waals surface area contributed by atoms with Gasteiger partial charge in [-0.25, -0.2) is 9.78 Å². The Balaban J connectivity index is 0.00000400. The smallest absolute Gasteiger partial charge is 0.493 e. The van der Waals surface area contributed by atoms with E-state index in [4.69, 9.17) is 14.0 Å². The summed E-state index contributed by atoms with van der Waals surface area (Å²) in [6.45, 7) is 8.85. The van der Waals surface area contributed by atoms with Crippen LogP contribution in [0, 0.1) is 20.8 Å². The number of hydrogen-bond donors (Lipinski definition) is 1. The van der Waals surface area contributed by atoms with Crippen LogP contribution in [0.4, 0.5) is 0 Å². The van der Waals surface area contributed by atoms with E-state index in [0.29, 0.717) is 31.1 Å². The van der Waals surface area contributed by atoms with Crippen molar-refractivity contribution in [3.05, 3.63) is 97.5 Å². The Labute approximate surface area is 242 Å². The van der Waals surface area contributed by atoms with Crippen LogP contribution in [0.3, 0.4) is 0 Å². The number of hydrogen-bond acceptors (Lipinski definition) is 7. The molecule has 2 aromatic heterocycles. The molecular weight excluding hydrogens is 497 g/mol. The number of aliphatic hydroxyl groups is 1. The summed E-state index contributed by atoms with van der Waals surface area (Å²) in [6, 6.07) is 13.7. The monoisotopic (exact) mass is 527 g/mol. The molecule has 10 heteroatoms. The van der Waals surface area contributed by atoms with Crippen molar-refractivity contribution in [2.24, 2.45) is 0 Å². The number of ether oxygens (including phenoxy) is 2. The fourth-order valence-corrected chi connectivity index (χ4v) is 4.18. The number of aliphatic hydroxyl groups excluding tert-OH is 1. The van der Waals surface area contributed by atoms with E-state index in [0.717, 1.165) is 43.9 Å². The summed E-state index contributed by atoms with van der Waals surface area (Å²) in [7, 11) is 0. The Morgan fingerprint density at radius 2 is 1.82 bits per heavy atom. The number of nitrogens with zero attached hydrogens (tertiary/aromatic N) is 3. The van der Waals surface area contributed by atoms with Gasteiger partial charge in [-0.05, 0) is 78.8 Å². The third kappa shape index (κ3) is 7.26. The summed E-state index contributed by atoms with van der Waals surface area (Å²) in [5, 5.41) is 9.46. The molecule has 0 bridgehead atoms. The van der Waals surface area contributed by atoms with Gasteiger partial charge in [0.25, 0.3) is 0 Å². The molecule has 1 N–H and O–H groups in total. The normalized spacial score (nSPS) is 11.6. The largest absolute Gasteiger partial charge is 1.00 e. The minimum absolute atomic E-state index is 0. The van der Waals surface area contributed by atoms with E-state index in [2.05, 4.69) is 36.8 Å². The van der Waals surface area contributed by atoms with Crippen molar-refractivity contribution in [2.75, 3.05) is 6.61 Å². The molecule has 2 heterocycles. The van der Waals surface area contributed by atoms with Crippen LogP contribution < -0.4 is 55.5 Å². The van der Waals surface area contributed by atoms with Crippen LogP contribution in [0.15, 0.2) is 62.8 Å². The number of rotatable bonds is 10. The summed E-state index contributed by atoms with van der Waals surface area (Å²) in [4.78, 5) is 30.1. The first-order chi connectivity index (χ1) is 17.7. The Morgan fingerprint density at radius 1 is 1.08 bits per heavy atom. The molecule has 0 saturated heterocycles. The molecule has 1 atom stereocenters. The second kappa shape index (κ2) is 13.1. The van der Waals surface area contributed by atoms with Gasteiger partial charge in [-0.2, -0.15) is 0 Å². The zero-order chi connectivity index (χ0) is 26.5. The van der Waals surface area contributed by atoms with Gasteiger partial charge in [0.05, 0.1) is 12.7 Å². The molecule has 0 radical (unpaired) electrons. The first-order valence-corrected chi connectivity index (χ1v) is 12.0. The molecular formula is C28H30N3NaO6. The Hall–Kier alpha value is -3.11. The van der Waals surface area contributed by atoms with Crippen LogP contribution in [-0.2, 0) is 13.2 Å². The van der Waals surface area contributed by atoms with E-state index in [1.54, 1.807) is 25.3 Å². The predicted molar refractivity (Wildman–Crippen MR) is 138 cm³/mol. The molecule has 0 saturated carbocycles. The van der Waals surface area contributed by atoms with Crippen molar-refractivity contribution in [3.63, 3.8) is 0 Å². The van der Waals surface area contributed by atoms with Crippen LogP contribution in [0.5, 0.6) is 11.6 Å². The van der Waals surface area contributed by atoms with Crippen molar-refractivity contribution in [3.8, 4) is 22.8 Å². The second-order valence-corrected chi connectivity index (χ2v) is 9.09.